The molecule has 50 heavy (non-hydrogen) atoms. The van der Waals surface area contributed by atoms with E-state index in [-0.39, 0.29) is 0 Å². The van der Waals surface area contributed by atoms with Crippen molar-refractivity contribution < 1.29 is 9.59 Å². The Bertz CT molecular complexity index is 1790. The van der Waals surface area contributed by atoms with Gasteiger partial charge in [0.2, 0.25) is 5.78 Å². The summed E-state index contributed by atoms with van der Waals surface area (Å²) in [5, 5.41) is 3.65. The molecule has 0 amide bonds. The molecule has 0 bridgehead atoms. The maximum absolute atomic E-state index is 13.4. The number of Topliss-reactive ketones (excluding diaryl/α,β-unsaturated/α-hetero) is 1. The third-order valence-electron chi connectivity index (χ3n) is 10.9. The number of hydrogen-bond donors (Lipinski definition) is 1. The first-order chi connectivity index (χ1) is 24.4. The molecule has 0 spiro atoms. The van der Waals surface area contributed by atoms with Crippen LogP contribution in [0.15, 0.2) is 134 Å². The molecule has 1 N–H and O–H groups in total. The number of aldehydes is 1. The minimum atomic E-state index is -0.630. The Balaban J connectivity index is 1.24. The van der Waals surface area contributed by atoms with Gasteiger partial charge in [0.1, 0.15) is 11.9 Å². The minimum absolute atomic E-state index is 0.414. The summed E-state index contributed by atoms with van der Waals surface area (Å²) in [6, 6.07) is 44.5. The molecule has 1 aliphatic carbocycles. The number of aromatic nitrogens is 1. The Morgan fingerprint density at radius 2 is 1.32 bits per heavy atom. The van der Waals surface area contributed by atoms with Crippen molar-refractivity contribution in [1.82, 2.24) is 9.88 Å². The zero-order valence-electron chi connectivity index (χ0n) is 29.0. The highest BCUT2D eigenvalue weighted by Crippen LogP contribution is 2.46. The second kappa shape index (κ2) is 14.4. The van der Waals surface area contributed by atoms with E-state index in [4.69, 9.17) is 0 Å². The van der Waals surface area contributed by atoms with Gasteiger partial charge in [-0.05, 0) is 78.8 Å². The standard InChI is InChI=1S/C44H46N4O2/c1-43(2)42(40(50)31-49)48(32-47(43)30-33-27-28-45-41(29-33)46-38-21-13-6-14-22-38)39-25-23-37(24-26-39)44(34-15-7-3-8-16-34,35-17-9-4-10-18-35)36-19-11-5-12-20-36/h3-5,7-12,15-20,23-29,31,38,42H,6,13-14,21-22,30,32H2,1-2H3,(H,45,46). The van der Waals surface area contributed by atoms with Gasteiger partial charge in [0.25, 0.3) is 0 Å². The van der Waals surface area contributed by atoms with Gasteiger partial charge in [0.05, 0.1) is 12.1 Å². The van der Waals surface area contributed by atoms with Gasteiger partial charge in [-0.3, -0.25) is 14.5 Å². The number of pyridine rings is 1. The maximum atomic E-state index is 13.4. The average Bonchev–Trinajstić information content (AvgIpc) is 3.43. The van der Waals surface area contributed by atoms with Crippen LogP contribution in [0.2, 0.25) is 0 Å². The number of rotatable bonds is 11. The van der Waals surface area contributed by atoms with E-state index < -0.39 is 22.8 Å². The van der Waals surface area contributed by atoms with Crippen LogP contribution < -0.4 is 10.2 Å². The minimum Gasteiger partial charge on any atom is -0.367 e. The number of nitrogens with zero attached hydrogens (tertiary/aromatic N) is 3. The molecule has 1 aliphatic heterocycles. The molecule has 1 atom stereocenters. The van der Waals surface area contributed by atoms with Crippen LogP contribution in [0.5, 0.6) is 0 Å². The van der Waals surface area contributed by atoms with Crippen LogP contribution >= 0.6 is 0 Å². The van der Waals surface area contributed by atoms with Crippen molar-refractivity contribution in [3.8, 4) is 0 Å². The molecule has 2 heterocycles. The highest BCUT2D eigenvalue weighted by Gasteiger charge is 2.50. The van der Waals surface area contributed by atoms with Crippen LogP contribution in [-0.4, -0.2) is 46.2 Å². The van der Waals surface area contributed by atoms with Crippen LogP contribution in [0, 0.1) is 0 Å². The van der Waals surface area contributed by atoms with Crippen LogP contribution in [-0.2, 0) is 21.5 Å². The third kappa shape index (κ3) is 6.36. The van der Waals surface area contributed by atoms with Gasteiger partial charge in [-0.1, -0.05) is 122 Å². The Morgan fingerprint density at radius 3 is 1.86 bits per heavy atom. The molecular weight excluding hydrogens is 617 g/mol. The number of nitrogens with one attached hydrogen (secondary N) is 1. The van der Waals surface area contributed by atoms with Gasteiger partial charge in [-0.15, -0.1) is 0 Å². The van der Waals surface area contributed by atoms with E-state index in [0.29, 0.717) is 25.5 Å². The largest absolute Gasteiger partial charge is 0.367 e. The average molecular weight is 663 g/mol. The van der Waals surface area contributed by atoms with E-state index in [9.17, 15) is 9.59 Å². The molecule has 1 aromatic heterocycles. The van der Waals surface area contributed by atoms with Crippen LogP contribution in [0.1, 0.15) is 73.8 Å². The topological polar surface area (TPSA) is 65.5 Å². The van der Waals surface area contributed by atoms with Crippen LogP contribution in [0.4, 0.5) is 11.5 Å². The molecule has 6 heteroatoms. The zero-order chi connectivity index (χ0) is 34.6. The maximum Gasteiger partial charge on any atom is 0.219 e. The van der Waals surface area contributed by atoms with E-state index in [1.165, 1.54) is 48.8 Å². The molecule has 1 saturated heterocycles. The van der Waals surface area contributed by atoms with Crippen molar-refractivity contribution >= 4 is 23.6 Å². The van der Waals surface area contributed by atoms with Crippen LogP contribution in [0.25, 0.3) is 0 Å². The van der Waals surface area contributed by atoms with Crippen LogP contribution in [0.3, 0.4) is 0 Å². The predicted molar refractivity (Wildman–Crippen MR) is 201 cm³/mol. The normalized spacial score (nSPS) is 18.1. The summed E-state index contributed by atoms with van der Waals surface area (Å²) in [7, 11) is 0. The lowest BCUT2D eigenvalue weighted by Gasteiger charge is -2.37. The first kappa shape index (κ1) is 33.4. The van der Waals surface area contributed by atoms with Gasteiger partial charge in [0, 0.05) is 30.0 Å². The predicted octanol–water partition coefficient (Wildman–Crippen LogP) is 8.40. The van der Waals surface area contributed by atoms with E-state index >= 15 is 0 Å². The highest BCUT2D eigenvalue weighted by atomic mass is 16.2. The molecule has 6 nitrogen and oxygen atoms in total. The molecule has 2 fully saturated rings. The quantitative estimate of drug-likeness (QED) is 0.0871. The van der Waals surface area contributed by atoms with Crippen molar-refractivity contribution in [2.75, 3.05) is 16.9 Å². The highest BCUT2D eigenvalue weighted by molar-refractivity contribution is 6.28. The molecule has 2 aliphatic rings. The van der Waals surface area contributed by atoms with Crippen molar-refractivity contribution in [3.05, 3.63) is 161 Å². The van der Waals surface area contributed by atoms with Crippen molar-refractivity contribution in [1.29, 1.82) is 0 Å². The van der Waals surface area contributed by atoms with E-state index in [0.717, 1.165) is 22.6 Å². The second-order valence-corrected chi connectivity index (χ2v) is 14.3. The van der Waals surface area contributed by atoms with E-state index in [1.54, 1.807) is 0 Å². The van der Waals surface area contributed by atoms with E-state index in [2.05, 4.69) is 155 Å². The second-order valence-electron chi connectivity index (χ2n) is 14.3. The van der Waals surface area contributed by atoms with Gasteiger partial charge in [-0.2, -0.15) is 0 Å². The lowest BCUT2D eigenvalue weighted by molar-refractivity contribution is -0.131. The van der Waals surface area contributed by atoms with Gasteiger partial charge < -0.3 is 10.2 Å². The Kier molecular flexibility index (Phi) is 9.64. The third-order valence-corrected chi connectivity index (χ3v) is 10.9. The fourth-order valence-corrected chi connectivity index (χ4v) is 8.35. The number of anilines is 2. The number of ketones is 1. The molecular formula is C44H46N4O2. The Morgan fingerprint density at radius 1 is 0.780 bits per heavy atom. The fraction of sp³-hybridized carbons (Fsp3) is 0.295. The first-order valence-electron chi connectivity index (χ1n) is 17.9. The number of carbonyl (C=O) groups excluding carboxylic acids is 2. The van der Waals surface area contributed by atoms with Gasteiger partial charge >= 0.3 is 0 Å². The SMILES string of the molecule is CC1(C)C(C(=O)C=O)N(c2ccc(C(c3ccccc3)(c3ccccc3)c3ccccc3)cc2)CN1Cc1ccnc(NC2CCCCC2)c1. The number of benzene rings is 4. The van der Waals surface area contributed by atoms with Crippen molar-refractivity contribution in [2.45, 2.75) is 75.5 Å². The molecule has 5 aromatic rings. The summed E-state index contributed by atoms with van der Waals surface area (Å²) in [5.74, 6) is 0.487. The monoisotopic (exact) mass is 662 g/mol. The summed E-state index contributed by atoms with van der Waals surface area (Å²) in [5.41, 5.74) is 5.49. The summed E-state index contributed by atoms with van der Waals surface area (Å²) < 4.78 is 0. The Hall–Kier alpha value is -5.07. The molecule has 7 rings (SSSR count). The molecule has 1 saturated carbocycles. The van der Waals surface area contributed by atoms with Crippen molar-refractivity contribution in [2.24, 2.45) is 0 Å². The zero-order valence-corrected chi connectivity index (χ0v) is 29.0. The number of hydrogen-bond acceptors (Lipinski definition) is 6. The molecule has 254 valence electrons. The lowest BCUT2D eigenvalue weighted by atomic mass is 9.65. The Labute approximate surface area is 296 Å². The number of carbonyl (C=O) groups is 2. The fourth-order valence-electron chi connectivity index (χ4n) is 8.35. The summed E-state index contributed by atoms with van der Waals surface area (Å²) in [6.45, 7) is 5.28. The smallest absolute Gasteiger partial charge is 0.219 e. The van der Waals surface area contributed by atoms with Crippen molar-refractivity contribution in [3.63, 3.8) is 0 Å². The summed E-state index contributed by atoms with van der Waals surface area (Å²) >= 11 is 0. The first-order valence-corrected chi connectivity index (χ1v) is 17.9. The van der Waals surface area contributed by atoms with Gasteiger partial charge in [-0.25, -0.2) is 4.98 Å². The van der Waals surface area contributed by atoms with E-state index in [1.807, 2.05) is 12.3 Å². The molecule has 0 radical (unpaired) electrons. The van der Waals surface area contributed by atoms with Gasteiger partial charge in [0.15, 0.2) is 6.29 Å². The summed E-state index contributed by atoms with van der Waals surface area (Å²) in [4.78, 5) is 34.5. The molecule has 4 aromatic carbocycles. The molecule has 1 unspecified atom stereocenters. The lowest BCUT2D eigenvalue weighted by Crippen LogP contribution is -2.51. The summed E-state index contributed by atoms with van der Waals surface area (Å²) in [6.07, 6.45) is 8.54.